The minimum atomic E-state index is -3.87. The Balaban J connectivity index is 1.94. The lowest BCUT2D eigenvalue weighted by Gasteiger charge is -2.15. The molecule has 0 fully saturated rings. The van der Waals surface area contributed by atoms with Crippen LogP contribution in [0.1, 0.15) is 27.0 Å². The number of rotatable bonds is 6. The van der Waals surface area contributed by atoms with Gasteiger partial charge < -0.3 is 10.1 Å². The summed E-state index contributed by atoms with van der Waals surface area (Å²) in [6.45, 7) is 5.56. The summed E-state index contributed by atoms with van der Waals surface area (Å²) in [6.07, 6.45) is 0. The molecule has 3 aromatic rings. The molecule has 3 aromatic carbocycles. The van der Waals surface area contributed by atoms with Gasteiger partial charge >= 0.3 is 0 Å². The van der Waals surface area contributed by atoms with Gasteiger partial charge in [-0.3, -0.25) is 9.52 Å². The number of nitrogens with one attached hydrogen (secondary N) is 2. The molecule has 0 aliphatic heterocycles. The van der Waals surface area contributed by atoms with Gasteiger partial charge in [-0.1, -0.05) is 30.3 Å². The van der Waals surface area contributed by atoms with Crippen molar-refractivity contribution < 1.29 is 17.9 Å². The second-order valence-electron chi connectivity index (χ2n) is 7.06. The molecule has 7 heteroatoms. The number of hydrogen-bond acceptors (Lipinski definition) is 4. The van der Waals surface area contributed by atoms with E-state index in [1.807, 2.05) is 45.0 Å². The number of ether oxygens (including phenoxy) is 1. The van der Waals surface area contributed by atoms with Gasteiger partial charge in [0.1, 0.15) is 5.75 Å². The van der Waals surface area contributed by atoms with Gasteiger partial charge in [0.15, 0.2) is 0 Å². The summed E-state index contributed by atoms with van der Waals surface area (Å²) in [6, 6.07) is 17.1. The summed E-state index contributed by atoms with van der Waals surface area (Å²) >= 11 is 0. The van der Waals surface area contributed by atoms with Gasteiger partial charge in [0.05, 0.1) is 23.4 Å². The molecule has 2 N–H and O–H groups in total. The summed E-state index contributed by atoms with van der Waals surface area (Å²) < 4.78 is 33.8. The van der Waals surface area contributed by atoms with Gasteiger partial charge in [0.25, 0.3) is 15.9 Å². The van der Waals surface area contributed by atoms with Crippen molar-refractivity contribution in [3.8, 4) is 5.75 Å². The summed E-state index contributed by atoms with van der Waals surface area (Å²) in [4.78, 5) is 12.7. The van der Waals surface area contributed by atoms with Crippen molar-refractivity contribution in [3.05, 3.63) is 82.9 Å². The second-order valence-corrected chi connectivity index (χ2v) is 8.74. The third-order valence-electron chi connectivity index (χ3n) is 4.76. The van der Waals surface area contributed by atoms with Crippen molar-refractivity contribution in [2.24, 2.45) is 0 Å². The first kappa shape index (κ1) is 21.4. The fourth-order valence-corrected chi connectivity index (χ4v) is 4.17. The van der Waals surface area contributed by atoms with Crippen molar-refractivity contribution >= 4 is 27.3 Å². The Bertz CT molecular complexity index is 1200. The first-order valence-corrected chi connectivity index (χ1v) is 10.8. The van der Waals surface area contributed by atoms with Crippen molar-refractivity contribution in [3.63, 3.8) is 0 Å². The largest absolute Gasteiger partial charge is 0.495 e. The van der Waals surface area contributed by atoms with E-state index < -0.39 is 10.0 Å². The van der Waals surface area contributed by atoms with Crippen LogP contribution in [0.5, 0.6) is 5.75 Å². The minimum Gasteiger partial charge on any atom is -0.495 e. The van der Waals surface area contributed by atoms with Crippen LogP contribution in [0.4, 0.5) is 11.4 Å². The number of carbonyl (C=O) groups is 1. The molecule has 1 amide bonds. The first-order chi connectivity index (χ1) is 14.2. The van der Waals surface area contributed by atoms with E-state index in [1.54, 1.807) is 18.2 Å². The molecule has 6 nitrogen and oxygen atoms in total. The first-order valence-electron chi connectivity index (χ1n) is 9.36. The lowest BCUT2D eigenvalue weighted by molar-refractivity contribution is 0.102. The van der Waals surface area contributed by atoms with E-state index in [-0.39, 0.29) is 16.5 Å². The fraction of sp³-hybridized carbons (Fsp3) is 0.174. The van der Waals surface area contributed by atoms with Gasteiger partial charge in [0, 0.05) is 5.56 Å². The van der Waals surface area contributed by atoms with Crippen LogP contribution in [0.3, 0.4) is 0 Å². The number of benzene rings is 3. The molecule has 0 aliphatic rings. The highest BCUT2D eigenvalue weighted by Gasteiger charge is 2.19. The molecule has 0 atom stereocenters. The fourth-order valence-electron chi connectivity index (χ4n) is 3.02. The quantitative estimate of drug-likeness (QED) is 0.602. The molecular weight excluding hydrogens is 400 g/mol. The molecule has 0 spiro atoms. The van der Waals surface area contributed by atoms with Crippen molar-refractivity contribution in [2.45, 2.75) is 25.7 Å². The van der Waals surface area contributed by atoms with Crippen LogP contribution in [0.25, 0.3) is 0 Å². The van der Waals surface area contributed by atoms with Gasteiger partial charge in [-0.25, -0.2) is 8.42 Å². The maximum Gasteiger partial charge on any atom is 0.261 e. The Kier molecular flexibility index (Phi) is 6.12. The molecule has 0 heterocycles. The van der Waals surface area contributed by atoms with E-state index in [9.17, 15) is 13.2 Å². The standard InChI is InChI=1S/C23H24N2O4S/c1-15-9-10-17(3)20(13-15)25-30(27,28)18-11-12-22(29-4)21(14-18)24-23(26)19-8-6-5-7-16(19)2/h5-14,25H,1-4H3,(H,24,26). The molecule has 0 aromatic heterocycles. The van der Waals surface area contributed by atoms with Crippen molar-refractivity contribution in [1.82, 2.24) is 0 Å². The monoisotopic (exact) mass is 424 g/mol. The van der Waals surface area contributed by atoms with Gasteiger partial charge in [-0.2, -0.15) is 0 Å². The molecule has 0 bridgehead atoms. The van der Waals surface area contributed by atoms with Crippen LogP contribution >= 0.6 is 0 Å². The average molecular weight is 425 g/mol. The number of amides is 1. The molecule has 3 rings (SSSR count). The van der Waals surface area contributed by atoms with Crippen LogP contribution in [0.2, 0.25) is 0 Å². The highest BCUT2D eigenvalue weighted by Crippen LogP contribution is 2.30. The zero-order valence-corrected chi connectivity index (χ0v) is 18.1. The number of aryl methyl sites for hydroxylation is 3. The Morgan fingerprint density at radius 3 is 2.30 bits per heavy atom. The lowest BCUT2D eigenvalue weighted by atomic mass is 10.1. The summed E-state index contributed by atoms with van der Waals surface area (Å²) in [7, 11) is -2.41. The van der Waals surface area contributed by atoms with E-state index in [1.165, 1.54) is 25.3 Å². The van der Waals surface area contributed by atoms with Crippen LogP contribution in [-0.4, -0.2) is 21.4 Å². The van der Waals surface area contributed by atoms with Crippen LogP contribution < -0.4 is 14.8 Å². The van der Waals surface area contributed by atoms with Crippen LogP contribution in [-0.2, 0) is 10.0 Å². The smallest absolute Gasteiger partial charge is 0.261 e. The second kappa shape index (κ2) is 8.59. The zero-order valence-electron chi connectivity index (χ0n) is 17.3. The Morgan fingerprint density at radius 2 is 1.60 bits per heavy atom. The number of sulfonamides is 1. The van der Waals surface area contributed by atoms with Gasteiger partial charge in [0.2, 0.25) is 0 Å². The third-order valence-corrected chi connectivity index (χ3v) is 6.12. The molecule has 156 valence electrons. The predicted octanol–water partition coefficient (Wildman–Crippen LogP) is 4.67. The van der Waals surface area contributed by atoms with E-state index in [2.05, 4.69) is 10.0 Å². The van der Waals surface area contributed by atoms with E-state index in [0.717, 1.165) is 16.7 Å². The minimum absolute atomic E-state index is 0.0179. The summed E-state index contributed by atoms with van der Waals surface area (Å²) in [5.74, 6) is 0.0195. The topological polar surface area (TPSA) is 84.5 Å². The summed E-state index contributed by atoms with van der Waals surface area (Å²) in [5, 5.41) is 2.76. The van der Waals surface area contributed by atoms with E-state index in [4.69, 9.17) is 4.74 Å². The molecule has 30 heavy (non-hydrogen) atoms. The van der Waals surface area contributed by atoms with Gasteiger partial charge in [-0.15, -0.1) is 0 Å². The highest BCUT2D eigenvalue weighted by molar-refractivity contribution is 7.92. The zero-order chi connectivity index (χ0) is 21.9. The lowest BCUT2D eigenvalue weighted by Crippen LogP contribution is -2.16. The molecular formula is C23H24N2O4S. The van der Waals surface area contributed by atoms with Gasteiger partial charge in [-0.05, 0) is 67.8 Å². The Morgan fingerprint density at radius 1 is 0.867 bits per heavy atom. The molecule has 0 aliphatic carbocycles. The molecule has 0 saturated carbocycles. The Labute approximate surface area is 177 Å². The number of hydrogen-bond donors (Lipinski definition) is 2. The molecule has 0 radical (unpaired) electrons. The van der Waals surface area contributed by atoms with Crippen LogP contribution in [0, 0.1) is 20.8 Å². The number of carbonyl (C=O) groups excluding carboxylic acids is 1. The third kappa shape index (κ3) is 4.63. The summed E-state index contributed by atoms with van der Waals surface area (Å²) in [5.41, 5.74) is 3.85. The predicted molar refractivity (Wildman–Crippen MR) is 119 cm³/mol. The number of methoxy groups -OCH3 is 1. The highest BCUT2D eigenvalue weighted by atomic mass is 32.2. The Hall–Kier alpha value is -3.32. The molecule has 0 unspecified atom stereocenters. The van der Waals surface area contributed by atoms with Crippen molar-refractivity contribution in [1.29, 1.82) is 0 Å². The number of anilines is 2. The van der Waals surface area contributed by atoms with E-state index >= 15 is 0 Å². The van der Waals surface area contributed by atoms with Crippen LogP contribution in [0.15, 0.2) is 65.6 Å². The van der Waals surface area contributed by atoms with E-state index in [0.29, 0.717) is 17.0 Å². The maximum absolute atomic E-state index is 13.0. The average Bonchev–Trinajstić information content (AvgIpc) is 2.70. The maximum atomic E-state index is 13.0. The SMILES string of the molecule is COc1ccc(S(=O)(=O)Nc2cc(C)ccc2C)cc1NC(=O)c1ccccc1C. The molecule has 0 saturated heterocycles. The van der Waals surface area contributed by atoms with Crippen molar-refractivity contribution in [2.75, 3.05) is 17.1 Å². The normalized spacial score (nSPS) is 11.1.